The van der Waals surface area contributed by atoms with Crippen molar-refractivity contribution in [2.24, 2.45) is 0 Å². The number of unbranched alkanes of at least 4 members (excludes halogenated alkanes) is 1. The average Bonchev–Trinajstić information content (AvgIpc) is 2.96. The Kier molecular flexibility index (Phi) is 10.5. The summed E-state index contributed by atoms with van der Waals surface area (Å²) in [6, 6.07) is 23.2. The summed E-state index contributed by atoms with van der Waals surface area (Å²) in [5.41, 5.74) is 3.60. The maximum atomic E-state index is 12.5. The van der Waals surface area contributed by atoms with Gasteiger partial charge in [-0.1, -0.05) is 48.7 Å². The van der Waals surface area contributed by atoms with Crippen molar-refractivity contribution in [3.05, 3.63) is 102 Å². The molecule has 0 saturated heterocycles. The maximum absolute atomic E-state index is 12.5. The lowest BCUT2D eigenvalue weighted by atomic mass is 10.1. The Morgan fingerprint density at radius 2 is 1.26 bits per heavy atom. The number of hydrogen-bond donors (Lipinski definition) is 4. The quantitative estimate of drug-likeness (QED) is 0.0884. The zero-order valence-corrected chi connectivity index (χ0v) is 25.5. The number of hydrogen-bond acceptors (Lipinski definition) is 5. The summed E-state index contributed by atoms with van der Waals surface area (Å²) in [7, 11) is 0. The second kappa shape index (κ2) is 14.3. The molecular weight excluding hydrogens is 590 g/mol. The monoisotopic (exact) mass is 623 g/mol. The molecule has 4 rings (SSSR count). The Bertz CT molecular complexity index is 1630. The minimum absolute atomic E-state index is 0.0148. The van der Waals surface area contributed by atoms with E-state index in [4.69, 9.17) is 4.74 Å². The molecule has 4 N–H and O–H groups in total. The van der Waals surface area contributed by atoms with E-state index in [-0.39, 0.29) is 17.0 Å². The molecule has 0 amide bonds. The predicted octanol–water partition coefficient (Wildman–Crippen LogP) is 7.56. The van der Waals surface area contributed by atoms with Crippen molar-refractivity contribution in [2.75, 3.05) is 20.5 Å². The third-order valence-electron chi connectivity index (χ3n) is 6.53. The Morgan fingerprint density at radius 3 is 1.74 bits per heavy atom. The van der Waals surface area contributed by atoms with Gasteiger partial charge in [-0.2, -0.15) is 0 Å². The van der Waals surface area contributed by atoms with E-state index < -0.39 is 28.5 Å². The molecule has 4 aromatic rings. The van der Waals surface area contributed by atoms with Gasteiger partial charge >= 0.3 is 5.97 Å². The summed E-state index contributed by atoms with van der Waals surface area (Å²) < 4.78 is 53.4. The smallest absolute Gasteiger partial charge is 0.337 e. The standard InChI is InChI=1S/C31H33N3O7S2/c1-4-5-18-32-28-20-26(15-17-30(28)34(43(39)40)24-12-8-22(3)9-13-24)41-25-14-16-29(27(19-25)31(35)36)33(42(37)38)23-10-6-21(2)7-11-23/h6-17,19-20,32H,4-5,18H2,1-3H3,(H,35,36)(H,37,38)(H,39,40). The summed E-state index contributed by atoms with van der Waals surface area (Å²) >= 11 is -4.92. The van der Waals surface area contributed by atoms with Crippen molar-refractivity contribution in [2.45, 2.75) is 33.6 Å². The zero-order valence-electron chi connectivity index (χ0n) is 23.9. The number of carboxylic acid groups (broad SMARTS) is 1. The van der Waals surface area contributed by atoms with Gasteiger partial charge in [-0.05, 0) is 74.9 Å². The Labute approximate surface area is 255 Å². The maximum Gasteiger partial charge on any atom is 0.337 e. The highest BCUT2D eigenvalue weighted by Crippen LogP contribution is 2.39. The molecule has 0 bridgehead atoms. The Morgan fingerprint density at radius 1 is 0.767 bits per heavy atom. The normalized spacial score (nSPS) is 12.3. The predicted molar refractivity (Wildman–Crippen MR) is 171 cm³/mol. The number of aromatic carboxylic acids is 1. The molecule has 0 radical (unpaired) electrons. The molecule has 12 heteroatoms. The van der Waals surface area contributed by atoms with Crippen LogP contribution in [0.5, 0.6) is 11.5 Å². The van der Waals surface area contributed by atoms with E-state index in [0.717, 1.165) is 28.3 Å². The van der Waals surface area contributed by atoms with Gasteiger partial charge < -0.3 is 15.2 Å². The van der Waals surface area contributed by atoms with Crippen LogP contribution in [0.1, 0.15) is 41.3 Å². The van der Waals surface area contributed by atoms with Crippen LogP contribution in [0, 0.1) is 13.8 Å². The summed E-state index contributed by atoms with van der Waals surface area (Å²) in [6.07, 6.45) is 1.80. The molecule has 0 aliphatic carbocycles. The van der Waals surface area contributed by atoms with Crippen molar-refractivity contribution < 1.29 is 32.2 Å². The third kappa shape index (κ3) is 7.79. The van der Waals surface area contributed by atoms with Crippen molar-refractivity contribution >= 4 is 56.9 Å². The molecule has 2 unspecified atom stereocenters. The molecule has 0 fully saturated rings. The van der Waals surface area contributed by atoms with E-state index in [9.17, 15) is 27.4 Å². The van der Waals surface area contributed by atoms with Crippen LogP contribution in [0.4, 0.5) is 28.4 Å². The number of benzene rings is 4. The number of aryl methyl sites for hydroxylation is 2. The Hall–Kier alpha value is -4.23. The molecule has 0 aliphatic rings. The van der Waals surface area contributed by atoms with Gasteiger partial charge in [-0.25, -0.2) is 21.8 Å². The number of carbonyl (C=O) groups is 1. The fraction of sp³-hybridized carbons (Fsp3) is 0.194. The number of nitrogens with zero attached hydrogens (tertiary/aromatic N) is 2. The third-order valence-corrected chi connectivity index (χ3v) is 7.97. The van der Waals surface area contributed by atoms with Gasteiger partial charge in [0, 0.05) is 12.6 Å². The fourth-order valence-electron chi connectivity index (χ4n) is 4.35. The molecule has 0 aromatic heterocycles. The molecule has 4 aromatic carbocycles. The first-order valence-corrected chi connectivity index (χ1v) is 15.6. The number of anilines is 5. The SMILES string of the molecule is CCCCNc1cc(Oc2ccc(N(c3ccc(C)cc3)S(=O)O)c(C(=O)O)c2)ccc1N(c1ccc(C)cc1)S(=O)O. The number of nitrogens with one attached hydrogen (secondary N) is 1. The van der Waals surface area contributed by atoms with Gasteiger partial charge in [-0.3, -0.25) is 9.11 Å². The van der Waals surface area contributed by atoms with Gasteiger partial charge in [0.25, 0.3) is 22.5 Å². The van der Waals surface area contributed by atoms with E-state index in [2.05, 4.69) is 12.2 Å². The molecule has 2 atom stereocenters. The van der Waals surface area contributed by atoms with Crippen LogP contribution in [0.3, 0.4) is 0 Å². The molecule has 0 heterocycles. The van der Waals surface area contributed by atoms with Crippen molar-refractivity contribution in [3.8, 4) is 11.5 Å². The van der Waals surface area contributed by atoms with Crippen LogP contribution in [0.25, 0.3) is 0 Å². The largest absolute Gasteiger partial charge is 0.478 e. The van der Waals surface area contributed by atoms with E-state index in [1.165, 1.54) is 22.5 Å². The highest BCUT2D eigenvalue weighted by molar-refractivity contribution is 7.81. The fourth-order valence-corrected chi connectivity index (χ4v) is 5.61. The number of ether oxygens (including phenoxy) is 1. The van der Waals surface area contributed by atoms with Gasteiger partial charge in [0.05, 0.1) is 34.0 Å². The van der Waals surface area contributed by atoms with Crippen molar-refractivity contribution in [1.29, 1.82) is 0 Å². The first-order chi connectivity index (χ1) is 20.6. The van der Waals surface area contributed by atoms with Crippen LogP contribution >= 0.6 is 0 Å². The summed E-state index contributed by atoms with van der Waals surface area (Å²) in [6.45, 7) is 6.47. The molecule has 10 nitrogen and oxygen atoms in total. The van der Waals surface area contributed by atoms with E-state index >= 15 is 0 Å². The second-order valence-electron chi connectivity index (χ2n) is 9.77. The van der Waals surface area contributed by atoms with Crippen LogP contribution in [0.2, 0.25) is 0 Å². The number of rotatable bonds is 13. The van der Waals surface area contributed by atoms with Crippen molar-refractivity contribution in [1.82, 2.24) is 0 Å². The molecule has 226 valence electrons. The highest BCUT2D eigenvalue weighted by atomic mass is 32.2. The first kappa shape index (κ1) is 31.7. The molecule has 0 spiro atoms. The highest BCUT2D eigenvalue weighted by Gasteiger charge is 2.24. The topological polar surface area (TPSA) is 140 Å². The minimum atomic E-state index is -2.55. The van der Waals surface area contributed by atoms with Crippen LogP contribution in [-0.4, -0.2) is 35.1 Å². The van der Waals surface area contributed by atoms with E-state index in [0.29, 0.717) is 35.0 Å². The molecule has 0 aliphatic heterocycles. The lowest BCUT2D eigenvalue weighted by Gasteiger charge is -2.24. The Balaban J connectivity index is 1.71. The molecule has 43 heavy (non-hydrogen) atoms. The van der Waals surface area contributed by atoms with Gasteiger partial charge in [-0.15, -0.1) is 0 Å². The number of carboxylic acids is 1. The molecule has 0 saturated carbocycles. The van der Waals surface area contributed by atoms with Crippen LogP contribution in [0.15, 0.2) is 84.9 Å². The summed E-state index contributed by atoms with van der Waals surface area (Å²) in [5, 5.41) is 13.3. The van der Waals surface area contributed by atoms with Gasteiger partial charge in [0.1, 0.15) is 11.5 Å². The van der Waals surface area contributed by atoms with Crippen LogP contribution in [-0.2, 0) is 22.5 Å². The van der Waals surface area contributed by atoms with Gasteiger partial charge in [0.2, 0.25) is 0 Å². The zero-order chi connectivity index (χ0) is 31.1. The minimum Gasteiger partial charge on any atom is -0.478 e. The molecular formula is C31H33N3O7S2. The van der Waals surface area contributed by atoms with E-state index in [1.807, 2.05) is 26.0 Å². The average molecular weight is 624 g/mol. The summed E-state index contributed by atoms with van der Waals surface area (Å²) in [4.78, 5) is 12.2. The lowest BCUT2D eigenvalue weighted by Crippen LogP contribution is -2.21. The summed E-state index contributed by atoms with van der Waals surface area (Å²) in [5.74, 6) is -0.776. The van der Waals surface area contributed by atoms with Crippen LogP contribution < -0.4 is 18.7 Å². The second-order valence-corrected chi connectivity index (χ2v) is 11.4. The first-order valence-electron chi connectivity index (χ1n) is 13.5. The lowest BCUT2D eigenvalue weighted by molar-refractivity contribution is 0.0697. The van der Waals surface area contributed by atoms with Crippen molar-refractivity contribution in [3.63, 3.8) is 0 Å². The van der Waals surface area contributed by atoms with E-state index in [1.54, 1.807) is 54.6 Å². The van der Waals surface area contributed by atoms with Gasteiger partial charge in [0.15, 0.2) is 0 Å².